The van der Waals surface area contributed by atoms with E-state index in [4.69, 9.17) is 33.2 Å². The highest BCUT2D eigenvalue weighted by molar-refractivity contribution is 7.85. The third kappa shape index (κ3) is 9.71. The van der Waals surface area contributed by atoms with Crippen LogP contribution in [0.25, 0.3) is 11.0 Å². The van der Waals surface area contributed by atoms with Gasteiger partial charge in [0.2, 0.25) is 18.3 Å². The van der Waals surface area contributed by atoms with Crippen LogP contribution in [-0.4, -0.2) is 105 Å². The first-order valence-electron chi connectivity index (χ1n) is 21.8. The number of aromatic nitrogens is 2. The van der Waals surface area contributed by atoms with Gasteiger partial charge in [-0.05, 0) is 124 Å². The zero-order chi connectivity index (χ0) is 46.6. The van der Waals surface area contributed by atoms with Crippen molar-refractivity contribution in [3.05, 3.63) is 137 Å². The Morgan fingerprint density at radius 3 is 2.26 bits per heavy atom. The standard InChI is InChI=1S/C43H45FN4O7.C7H8O3S/c1-51-36-15-13-32(39(52-2)40(36)53-3)42(50)47-23-19-43(26-47,30-10-14-35-37(24-30)55-27-54-35)18-22-46-20-16-29(17-21-46)38(49)41-45-33-6-4-5-7-34(33)48(41)25-28-8-11-31(44)12-9-28;1-6-2-4-7(5-3-6)11(8,9)10/h4-15,24,29H,16-23,25-27H2,1-3H3;2-5H,1H3,(H,8,9,10). The molecular weight excluding hydrogens is 868 g/mol. The van der Waals surface area contributed by atoms with Crippen molar-refractivity contribution in [3.8, 4) is 28.7 Å². The molecule has 1 N–H and O–H groups in total. The smallest absolute Gasteiger partial charge is 0.294 e. The molecule has 0 radical (unpaired) electrons. The molecule has 66 heavy (non-hydrogen) atoms. The molecule has 4 heterocycles. The van der Waals surface area contributed by atoms with Gasteiger partial charge in [-0.3, -0.25) is 14.1 Å². The lowest BCUT2D eigenvalue weighted by atomic mass is 9.76. The molecule has 0 spiro atoms. The Hall–Kier alpha value is -6.49. The second kappa shape index (κ2) is 19.5. The fourth-order valence-electron chi connectivity index (χ4n) is 9.18. The molecule has 3 aliphatic rings. The number of likely N-dealkylation sites (tertiary alicyclic amines) is 2. The molecule has 9 rings (SSSR count). The van der Waals surface area contributed by atoms with Gasteiger partial charge < -0.3 is 38.1 Å². The van der Waals surface area contributed by atoms with Gasteiger partial charge >= 0.3 is 0 Å². The first-order chi connectivity index (χ1) is 31.8. The Kier molecular flexibility index (Phi) is 13.6. The van der Waals surface area contributed by atoms with Crippen LogP contribution in [0.1, 0.15) is 63.4 Å². The first-order valence-corrected chi connectivity index (χ1v) is 23.2. The predicted molar refractivity (Wildman–Crippen MR) is 245 cm³/mol. The largest absolute Gasteiger partial charge is 0.493 e. The Morgan fingerprint density at radius 1 is 0.848 bits per heavy atom. The van der Waals surface area contributed by atoms with Gasteiger partial charge in [0.1, 0.15) is 5.82 Å². The minimum atomic E-state index is -4.02. The SMILES string of the molecule is COc1ccc(C(=O)N2CCC(CCN3CCC(C(=O)c4nc5ccccc5n4Cc4ccc(F)cc4)CC3)(c3ccc4c(c3)OCO4)C2)c(OC)c1OC.Cc1ccc(S(=O)(=O)O)cc1. The van der Waals surface area contributed by atoms with E-state index in [1.54, 1.807) is 43.5 Å². The van der Waals surface area contributed by atoms with Gasteiger partial charge in [-0.2, -0.15) is 8.42 Å². The van der Waals surface area contributed by atoms with Crippen LogP contribution in [0.15, 0.2) is 108 Å². The lowest BCUT2D eigenvalue weighted by molar-refractivity contribution is 0.0774. The molecule has 3 aliphatic heterocycles. The monoisotopic (exact) mass is 920 g/mol. The summed E-state index contributed by atoms with van der Waals surface area (Å²) >= 11 is 0. The summed E-state index contributed by atoms with van der Waals surface area (Å²) in [6.07, 6.45) is 3.03. The summed E-state index contributed by atoms with van der Waals surface area (Å²) in [6.45, 7) is 5.90. The van der Waals surface area contributed by atoms with Crippen molar-refractivity contribution < 1.29 is 50.6 Å². The van der Waals surface area contributed by atoms with E-state index in [9.17, 15) is 22.4 Å². The number of benzene rings is 5. The third-order valence-corrected chi connectivity index (χ3v) is 13.7. The summed E-state index contributed by atoms with van der Waals surface area (Å²) < 4.78 is 73.3. The molecule has 1 amide bonds. The number of ketones is 1. The molecule has 14 nitrogen and oxygen atoms in total. The summed E-state index contributed by atoms with van der Waals surface area (Å²) in [6, 6.07) is 29.7. The predicted octanol–water partition coefficient (Wildman–Crippen LogP) is 7.99. The molecule has 6 aromatic rings. The number of piperidine rings is 1. The average Bonchev–Trinajstić information content (AvgIpc) is 4.09. The number of hydrogen-bond donors (Lipinski definition) is 1. The highest BCUT2D eigenvalue weighted by Gasteiger charge is 2.43. The molecule has 346 valence electrons. The van der Waals surface area contributed by atoms with E-state index >= 15 is 0 Å². The third-order valence-electron chi connectivity index (χ3n) is 12.9. The van der Waals surface area contributed by atoms with Gasteiger partial charge in [-0.1, -0.05) is 48.0 Å². The molecule has 5 aromatic carbocycles. The van der Waals surface area contributed by atoms with Crippen molar-refractivity contribution in [3.63, 3.8) is 0 Å². The van der Waals surface area contributed by atoms with E-state index in [1.165, 1.54) is 38.5 Å². The molecule has 2 fully saturated rings. The number of aryl methyl sites for hydroxylation is 1. The van der Waals surface area contributed by atoms with Crippen molar-refractivity contribution in [2.75, 3.05) is 60.8 Å². The van der Waals surface area contributed by atoms with Crippen LogP contribution in [0.4, 0.5) is 4.39 Å². The number of nitrogens with zero attached hydrogens (tertiary/aromatic N) is 4. The summed E-state index contributed by atoms with van der Waals surface area (Å²) in [5.41, 5.74) is 4.70. The number of imidazole rings is 1. The normalized spacial score (nSPS) is 17.3. The fourth-order valence-corrected chi connectivity index (χ4v) is 9.66. The van der Waals surface area contributed by atoms with Crippen molar-refractivity contribution in [1.29, 1.82) is 0 Å². The number of Topliss-reactive ketones (excluding diaryl/α,β-unsaturated/α-hetero) is 1. The first kappa shape index (κ1) is 46.1. The average molecular weight is 921 g/mol. The number of para-hydroxylation sites is 2. The molecule has 2 saturated heterocycles. The van der Waals surface area contributed by atoms with Crippen LogP contribution in [0.3, 0.4) is 0 Å². The molecular formula is C50H53FN4O10S. The Bertz CT molecular complexity index is 2830. The molecule has 0 aliphatic carbocycles. The van der Waals surface area contributed by atoms with Crippen LogP contribution in [-0.2, 0) is 22.1 Å². The van der Waals surface area contributed by atoms with Gasteiger partial charge in [-0.15, -0.1) is 0 Å². The highest BCUT2D eigenvalue weighted by atomic mass is 32.2. The van der Waals surface area contributed by atoms with Crippen LogP contribution >= 0.6 is 0 Å². The maximum absolute atomic E-state index is 14.2. The van der Waals surface area contributed by atoms with Crippen LogP contribution in [0.2, 0.25) is 0 Å². The number of halogens is 1. The zero-order valence-corrected chi connectivity index (χ0v) is 38.2. The topological polar surface area (TPSA) is 159 Å². The van der Waals surface area contributed by atoms with E-state index < -0.39 is 10.1 Å². The number of methoxy groups -OCH3 is 3. The molecule has 0 bridgehead atoms. The van der Waals surface area contributed by atoms with Crippen molar-refractivity contribution in [1.82, 2.24) is 19.4 Å². The lowest BCUT2D eigenvalue weighted by Crippen LogP contribution is -2.41. The Labute approximate surface area is 383 Å². The van der Waals surface area contributed by atoms with Crippen LogP contribution in [0.5, 0.6) is 28.7 Å². The maximum atomic E-state index is 14.2. The number of rotatable bonds is 13. The van der Waals surface area contributed by atoms with E-state index in [0.717, 1.165) is 78.8 Å². The number of ether oxygens (including phenoxy) is 5. The zero-order valence-electron chi connectivity index (χ0n) is 37.4. The number of fused-ring (bicyclic) bond motifs is 2. The van der Waals surface area contributed by atoms with E-state index in [-0.39, 0.29) is 40.5 Å². The maximum Gasteiger partial charge on any atom is 0.294 e. The van der Waals surface area contributed by atoms with Crippen molar-refractivity contribution >= 4 is 32.8 Å². The van der Waals surface area contributed by atoms with Crippen LogP contribution in [0, 0.1) is 18.7 Å². The second-order valence-corrected chi connectivity index (χ2v) is 18.3. The van der Waals surface area contributed by atoms with Crippen molar-refractivity contribution in [2.24, 2.45) is 5.92 Å². The van der Waals surface area contributed by atoms with Gasteiger partial charge in [0.05, 0.1) is 42.8 Å². The summed E-state index contributed by atoms with van der Waals surface area (Å²) in [5.74, 6) is 2.56. The van der Waals surface area contributed by atoms with Gasteiger partial charge in [-0.25, -0.2) is 9.37 Å². The molecule has 1 aromatic heterocycles. The van der Waals surface area contributed by atoms with Gasteiger partial charge in [0, 0.05) is 31.0 Å². The molecule has 1 unspecified atom stereocenters. The number of hydrogen-bond acceptors (Lipinski definition) is 11. The number of amides is 1. The Balaban J connectivity index is 0.000000473. The second-order valence-electron chi connectivity index (χ2n) is 16.9. The molecule has 16 heteroatoms. The van der Waals surface area contributed by atoms with E-state index in [1.807, 2.05) is 46.7 Å². The van der Waals surface area contributed by atoms with Gasteiger partial charge in [0.25, 0.3) is 16.0 Å². The summed E-state index contributed by atoms with van der Waals surface area (Å²) in [5, 5.41) is 0. The van der Waals surface area contributed by atoms with E-state index in [0.29, 0.717) is 54.0 Å². The molecule has 1 atom stereocenters. The lowest BCUT2D eigenvalue weighted by Gasteiger charge is -2.36. The minimum Gasteiger partial charge on any atom is -0.493 e. The minimum absolute atomic E-state index is 0.0466. The number of carbonyl (C=O) groups is 2. The number of carbonyl (C=O) groups excluding carboxylic acids is 2. The highest BCUT2D eigenvalue weighted by Crippen LogP contribution is 2.45. The van der Waals surface area contributed by atoms with Crippen LogP contribution < -0.4 is 23.7 Å². The summed E-state index contributed by atoms with van der Waals surface area (Å²) in [7, 11) is 0.583. The fraction of sp³-hybridized carbons (Fsp3) is 0.340. The summed E-state index contributed by atoms with van der Waals surface area (Å²) in [4.78, 5) is 37.4. The molecule has 0 saturated carbocycles. The van der Waals surface area contributed by atoms with E-state index in [2.05, 4.69) is 17.0 Å². The van der Waals surface area contributed by atoms with Gasteiger partial charge in [0.15, 0.2) is 28.8 Å². The quantitative estimate of drug-likeness (QED) is 0.0881. The van der Waals surface area contributed by atoms with Crippen molar-refractivity contribution in [2.45, 2.75) is 49.5 Å². The Morgan fingerprint density at radius 2 is 1.56 bits per heavy atom.